The zero-order valence-corrected chi connectivity index (χ0v) is 18.4. The predicted molar refractivity (Wildman–Crippen MR) is 112 cm³/mol. The van der Waals surface area contributed by atoms with E-state index < -0.39 is 17.5 Å². The number of urea groups is 1. The molecule has 10 heteroatoms. The summed E-state index contributed by atoms with van der Waals surface area (Å²) in [6, 6.07) is -0.559. The standard InChI is InChI=1S/C21H28N6O4/c1-12-14(13(2)22-17-16(12)18(31-4)25-26(17)3)8-9-15(28)24-27-19(29)21(23-20(27)30)10-6-5-7-11-21/h5-11H2,1-4H3,(H,23,30)(H,24,28). The third-order valence-corrected chi connectivity index (χ3v) is 6.42. The quantitative estimate of drug-likeness (QED) is 0.701. The zero-order valence-electron chi connectivity index (χ0n) is 18.4. The topological polar surface area (TPSA) is 118 Å². The van der Waals surface area contributed by atoms with Gasteiger partial charge in [0.2, 0.25) is 11.8 Å². The van der Waals surface area contributed by atoms with E-state index in [0.29, 0.717) is 25.1 Å². The molecular weight excluding hydrogens is 400 g/mol. The number of ether oxygens (including phenoxy) is 1. The number of hydrogen-bond donors (Lipinski definition) is 2. The second-order valence-corrected chi connectivity index (χ2v) is 8.38. The van der Waals surface area contributed by atoms with Crippen LogP contribution in [-0.2, 0) is 23.1 Å². The minimum atomic E-state index is -0.860. The third-order valence-electron chi connectivity index (χ3n) is 6.42. The summed E-state index contributed by atoms with van der Waals surface area (Å²) in [6.07, 6.45) is 4.58. The van der Waals surface area contributed by atoms with Gasteiger partial charge in [-0.15, -0.1) is 5.10 Å². The van der Waals surface area contributed by atoms with Gasteiger partial charge in [0.25, 0.3) is 5.91 Å². The van der Waals surface area contributed by atoms with Crippen LogP contribution in [0.15, 0.2) is 0 Å². The molecule has 0 bridgehead atoms. The fourth-order valence-electron chi connectivity index (χ4n) is 4.74. The number of carbonyl (C=O) groups excluding carboxylic acids is 3. The molecule has 3 heterocycles. The predicted octanol–water partition coefficient (Wildman–Crippen LogP) is 1.81. The Kier molecular flexibility index (Phi) is 5.32. The van der Waals surface area contributed by atoms with Crippen molar-refractivity contribution in [3.05, 3.63) is 16.8 Å². The Morgan fingerprint density at radius 2 is 1.94 bits per heavy atom. The summed E-state index contributed by atoms with van der Waals surface area (Å²) in [5.74, 6) is -0.264. The largest absolute Gasteiger partial charge is 0.479 e. The van der Waals surface area contributed by atoms with E-state index in [1.165, 1.54) is 0 Å². The van der Waals surface area contributed by atoms with Gasteiger partial charge in [-0.05, 0) is 44.2 Å². The summed E-state index contributed by atoms with van der Waals surface area (Å²) in [5, 5.41) is 8.79. The summed E-state index contributed by atoms with van der Waals surface area (Å²) >= 11 is 0. The molecule has 1 aliphatic carbocycles. The minimum Gasteiger partial charge on any atom is -0.479 e. The van der Waals surface area contributed by atoms with Gasteiger partial charge in [-0.3, -0.25) is 15.0 Å². The van der Waals surface area contributed by atoms with Crippen molar-refractivity contribution in [1.29, 1.82) is 0 Å². The molecule has 0 atom stereocenters. The van der Waals surface area contributed by atoms with Crippen molar-refractivity contribution in [3.63, 3.8) is 0 Å². The maximum Gasteiger partial charge on any atom is 0.344 e. The van der Waals surface area contributed by atoms with Gasteiger partial charge in [0, 0.05) is 19.2 Å². The first kappa shape index (κ1) is 21.1. The summed E-state index contributed by atoms with van der Waals surface area (Å²) < 4.78 is 7.05. The van der Waals surface area contributed by atoms with Gasteiger partial charge in [-0.2, -0.15) is 5.01 Å². The Hall–Kier alpha value is -3.17. The van der Waals surface area contributed by atoms with Crippen molar-refractivity contribution in [2.45, 2.75) is 64.3 Å². The number of rotatable bonds is 5. The van der Waals surface area contributed by atoms with E-state index in [-0.39, 0.29) is 12.3 Å². The van der Waals surface area contributed by atoms with E-state index in [4.69, 9.17) is 4.74 Å². The molecule has 1 saturated heterocycles. The van der Waals surface area contributed by atoms with Crippen LogP contribution in [0.2, 0.25) is 0 Å². The first-order valence-corrected chi connectivity index (χ1v) is 10.6. The number of nitrogens with one attached hydrogen (secondary N) is 2. The average Bonchev–Trinajstić information content (AvgIpc) is 3.17. The van der Waals surface area contributed by atoms with E-state index in [0.717, 1.165) is 52.1 Å². The zero-order chi connectivity index (χ0) is 22.3. The molecule has 4 amide bonds. The number of pyridine rings is 1. The van der Waals surface area contributed by atoms with Crippen LogP contribution in [0.5, 0.6) is 5.88 Å². The number of hydrogen-bond acceptors (Lipinski definition) is 6. The van der Waals surface area contributed by atoms with Crippen LogP contribution in [0, 0.1) is 13.8 Å². The van der Waals surface area contributed by atoms with Crippen molar-refractivity contribution in [2.75, 3.05) is 7.11 Å². The Balaban J connectivity index is 1.47. The van der Waals surface area contributed by atoms with Crippen molar-refractivity contribution < 1.29 is 19.1 Å². The normalized spacial score (nSPS) is 18.0. The van der Waals surface area contributed by atoms with Crippen molar-refractivity contribution in [2.24, 2.45) is 7.05 Å². The monoisotopic (exact) mass is 428 g/mol. The van der Waals surface area contributed by atoms with Gasteiger partial charge in [-0.1, -0.05) is 19.3 Å². The van der Waals surface area contributed by atoms with E-state index in [1.54, 1.807) is 18.8 Å². The maximum atomic E-state index is 12.8. The average molecular weight is 428 g/mol. The first-order chi connectivity index (χ1) is 14.8. The molecule has 1 spiro atoms. The maximum absolute atomic E-state index is 12.8. The van der Waals surface area contributed by atoms with Gasteiger partial charge >= 0.3 is 6.03 Å². The highest BCUT2D eigenvalue weighted by Gasteiger charge is 2.52. The molecule has 2 N–H and O–H groups in total. The Labute approximate surface area is 180 Å². The molecule has 1 saturated carbocycles. The van der Waals surface area contributed by atoms with Crippen molar-refractivity contribution in [1.82, 2.24) is 30.5 Å². The molecule has 2 aromatic rings. The van der Waals surface area contributed by atoms with Gasteiger partial charge in [0.1, 0.15) is 5.54 Å². The fraction of sp³-hybridized carbons (Fsp3) is 0.571. The Morgan fingerprint density at radius 3 is 2.61 bits per heavy atom. The lowest BCUT2D eigenvalue weighted by Crippen LogP contribution is -2.51. The van der Waals surface area contributed by atoms with Crippen molar-refractivity contribution >= 4 is 28.9 Å². The van der Waals surface area contributed by atoms with E-state index in [2.05, 4.69) is 20.8 Å². The molecule has 0 aromatic carbocycles. The second kappa shape index (κ2) is 7.82. The van der Waals surface area contributed by atoms with Crippen molar-refractivity contribution in [3.8, 4) is 5.88 Å². The first-order valence-electron chi connectivity index (χ1n) is 10.6. The summed E-state index contributed by atoms with van der Waals surface area (Å²) in [5.41, 5.74) is 5.04. The molecule has 166 valence electrons. The minimum absolute atomic E-state index is 0.113. The molecular formula is C21H28N6O4. The smallest absolute Gasteiger partial charge is 0.344 e. The Bertz CT molecular complexity index is 1070. The molecule has 10 nitrogen and oxygen atoms in total. The number of carbonyl (C=O) groups is 3. The molecule has 2 aliphatic rings. The van der Waals surface area contributed by atoms with Gasteiger partial charge in [0.15, 0.2) is 5.65 Å². The lowest BCUT2D eigenvalue weighted by atomic mass is 9.82. The van der Waals surface area contributed by atoms with Gasteiger partial charge in [-0.25, -0.2) is 14.5 Å². The van der Waals surface area contributed by atoms with E-state index >= 15 is 0 Å². The molecule has 4 rings (SSSR count). The Morgan fingerprint density at radius 1 is 1.23 bits per heavy atom. The van der Waals surface area contributed by atoms with Gasteiger partial charge in [0.05, 0.1) is 12.5 Å². The van der Waals surface area contributed by atoms with Crippen LogP contribution in [0.25, 0.3) is 11.0 Å². The lowest BCUT2D eigenvalue weighted by Gasteiger charge is -2.30. The van der Waals surface area contributed by atoms with Crippen LogP contribution in [0.3, 0.4) is 0 Å². The molecule has 2 fully saturated rings. The number of fused-ring (bicyclic) bond motifs is 1. The number of aromatic nitrogens is 3. The van der Waals surface area contributed by atoms with Crippen LogP contribution in [0.4, 0.5) is 4.79 Å². The highest BCUT2D eigenvalue weighted by Crippen LogP contribution is 2.33. The summed E-state index contributed by atoms with van der Waals surface area (Å²) in [6.45, 7) is 3.85. The van der Waals surface area contributed by atoms with Gasteiger partial charge < -0.3 is 10.1 Å². The van der Waals surface area contributed by atoms with Crippen LogP contribution < -0.4 is 15.5 Å². The highest BCUT2D eigenvalue weighted by molar-refractivity contribution is 6.08. The summed E-state index contributed by atoms with van der Waals surface area (Å²) in [7, 11) is 3.37. The number of nitrogens with zero attached hydrogens (tertiary/aromatic N) is 4. The highest BCUT2D eigenvalue weighted by atomic mass is 16.5. The molecule has 31 heavy (non-hydrogen) atoms. The number of aryl methyl sites for hydroxylation is 3. The number of amides is 4. The van der Waals surface area contributed by atoms with Crippen LogP contribution in [0.1, 0.15) is 55.3 Å². The fourth-order valence-corrected chi connectivity index (χ4v) is 4.74. The SMILES string of the molecule is COc1nn(C)c2nc(C)c(CCC(=O)NN3C(=O)NC4(CCCCC4)C3=O)c(C)c12. The van der Waals surface area contributed by atoms with E-state index in [1.807, 2.05) is 13.8 Å². The lowest BCUT2D eigenvalue weighted by molar-refractivity contribution is -0.139. The van der Waals surface area contributed by atoms with E-state index in [9.17, 15) is 14.4 Å². The third kappa shape index (κ3) is 3.49. The number of methoxy groups -OCH3 is 1. The summed E-state index contributed by atoms with van der Waals surface area (Å²) in [4.78, 5) is 42.4. The molecule has 0 radical (unpaired) electrons. The van der Waals surface area contributed by atoms with Crippen LogP contribution >= 0.6 is 0 Å². The number of hydrazine groups is 1. The number of imide groups is 1. The van der Waals surface area contributed by atoms with Crippen LogP contribution in [-0.4, -0.2) is 50.3 Å². The second-order valence-electron chi connectivity index (χ2n) is 8.38. The molecule has 0 unspecified atom stereocenters. The molecule has 2 aromatic heterocycles. The molecule has 1 aliphatic heterocycles.